The second-order valence-electron chi connectivity index (χ2n) is 9.15. The lowest BCUT2D eigenvalue weighted by atomic mass is 9.78. The van der Waals surface area contributed by atoms with E-state index < -0.39 is 5.82 Å². The van der Waals surface area contributed by atoms with Crippen LogP contribution in [0.25, 0.3) is 22.4 Å². The first-order valence-electron chi connectivity index (χ1n) is 11.3. The van der Waals surface area contributed by atoms with Gasteiger partial charge in [0.25, 0.3) is 0 Å². The van der Waals surface area contributed by atoms with Crippen molar-refractivity contribution < 1.29 is 23.3 Å². The highest BCUT2D eigenvalue weighted by molar-refractivity contribution is 6.36. The fraction of sp³-hybridized carbons (Fsp3) is 0.346. The van der Waals surface area contributed by atoms with Crippen LogP contribution in [0.1, 0.15) is 5.56 Å². The molecule has 0 unspecified atom stereocenters. The first-order chi connectivity index (χ1) is 16.5. The summed E-state index contributed by atoms with van der Waals surface area (Å²) in [7, 11) is 1.55. The predicted octanol–water partition coefficient (Wildman–Crippen LogP) is 4.82. The third-order valence-corrected chi connectivity index (χ3v) is 7.05. The molecule has 1 spiro atoms. The number of pyridine rings is 1. The van der Waals surface area contributed by atoms with Crippen LogP contribution in [0.4, 0.5) is 4.39 Å². The molecule has 8 heteroatoms. The van der Waals surface area contributed by atoms with Gasteiger partial charge in [0.1, 0.15) is 24.7 Å². The second kappa shape index (κ2) is 8.41. The van der Waals surface area contributed by atoms with Crippen LogP contribution in [0.3, 0.4) is 0 Å². The number of methoxy groups -OCH3 is 1. The summed E-state index contributed by atoms with van der Waals surface area (Å²) in [6, 6.07) is 12.7. The van der Waals surface area contributed by atoms with E-state index in [0.717, 1.165) is 43.0 Å². The Kier molecular flexibility index (Phi) is 5.36. The number of nitrogens with zero attached hydrogens (tertiary/aromatic N) is 2. The SMILES string of the molecule is COc1nc(-c2cccc(-c3ccc4c(c3)OCCO4)c2Cl)c(F)cc1CN1CC2(COC2)C1. The quantitative estimate of drug-likeness (QED) is 0.519. The maximum Gasteiger partial charge on any atom is 0.218 e. The van der Waals surface area contributed by atoms with Crippen LogP contribution in [-0.2, 0) is 11.3 Å². The van der Waals surface area contributed by atoms with Gasteiger partial charge in [0.15, 0.2) is 11.5 Å². The van der Waals surface area contributed by atoms with Crippen molar-refractivity contribution in [2.45, 2.75) is 6.54 Å². The normalized spacial score (nSPS) is 18.3. The van der Waals surface area contributed by atoms with Crippen molar-refractivity contribution in [2.24, 2.45) is 5.41 Å². The molecule has 2 aromatic carbocycles. The third-order valence-electron chi connectivity index (χ3n) is 6.64. The molecule has 2 fully saturated rings. The molecule has 3 aromatic rings. The van der Waals surface area contributed by atoms with E-state index in [2.05, 4.69) is 9.88 Å². The molecule has 0 bridgehead atoms. The molecular weight excluding hydrogens is 459 g/mol. The van der Waals surface area contributed by atoms with Gasteiger partial charge in [-0.1, -0.05) is 35.9 Å². The van der Waals surface area contributed by atoms with Crippen LogP contribution >= 0.6 is 11.6 Å². The minimum Gasteiger partial charge on any atom is -0.486 e. The van der Waals surface area contributed by atoms with Gasteiger partial charge in [-0.05, 0) is 23.8 Å². The van der Waals surface area contributed by atoms with Crippen molar-refractivity contribution >= 4 is 11.6 Å². The standard InChI is InChI=1S/C26H24ClFN2O4/c1-31-25-17(11-30-12-26(13-30)14-32-15-26)9-20(28)24(29-25)19-4-2-3-18(23(19)27)16-5-6-21-22(10-16)34-8-7-33-21/h2-6,9-10H,7-8,11-15H2,1H3. The van der Waals surface area contributed by atoms with E-state index in [9.17, 15) is 0 Å². The average Bonchev–Trinajstić information content (AvgIpc) is 2.80. The molecule has 0 radical (unpaired) electrons. The van der Waals surface area contributed by atoms with Crippen LogP contribution in [0.15, 0.2) is 42.5 Å². The molecule has 3 aliphatic rings. The molecule has 4 heterocycles. The average molecular weight is 483 g/mol. The minimum atomic E-state index is -0.431. The zero-order valence-corrected chi connectivity index (χ0v) is 19.5. The van der Waals surface area contributed by atoms with E-state index in [1.165, 1.54) is 6.07 Å². The minimum absolute atomic E-state index is 0.164. The summed E-state index contributed by atoms with van der Waals surface area (Å²) < 4.78 is 37.5. The Labute approximate surface area is 202 Å². The number of rotatable bonds is 5. The van der Waals surface area contributed by atoms with Crippen LogP contribution in [-0.4, -0.2) is 56.5 Å². The Morgan fingerprint density at radius 3 is 2.56 bits per heavy atom. The number of fused-ring (bicyclic) bond motifs is 1. The largest absolute Gasteiger partial charge is 0.486 e. The highest BCUT2D eigenvalue weighted by Crippen LogP contribution is 2.42. The van der Waals surface area contributed by atoms with Gasteiger partial charge in [0.05, 0.1) is 25.3 Å². The Balaban J connectivity index is 1.31. The Bertz CT molecular complexity index is 1260. The maximum atomic E-state index is 15.3. The molecule has 0 amide bonds. The number of ether oxygens (including phenoxy) is 4. The molecule has 0 saturated carbocycles. The summed E-state index contributed by atoms with van der Waals surface area (Å²) in [5.74, 6) is 1.34. The van der Waals surface area contributed by atoms with Crippen LogP contribution in [0.2, 0.25) is 5.02 Å². The van der Waals surface area contributed by atoms with Gasteiger partial charge in [-0.25, -0.2) is 9.37 Å². The second-order valence-corrected chi connectivity index (χ2v) is 9.53. The van der Waals surface area contributed by atoms with Gasteiger partial charge < -0.3 is 18.9 Å². The highest BCUT2D eigenvalue weighted by Gasteiger charge is 2.48. The van der Waals surface area contributed by atoms with E-state index in [1.54, 1.807) is 13.2 Å². The molecule has 6 nitrogen and oxygen atoms in total. The number of benzene rings is 2. The van der Waals surface area contributed by atoms with Gasteiger partial charge in [-0.3, -0.25) is 4.90 Å². The molecular formula is C26H24ClFN2O4. The van der Waals surface area contributed by atoms with E-state index >= 15 is 4.39 Å². The fourth-order valence-corrected chi connectivity index (χ4v) is 5.29. The first kappa shape index (κ1) is 21.6. The van der Waals surface area contributed by atoms with Gasteiger partial charge in [0.2, 0.25) is 5.88 Å². The van der Waals surface area contributed by atoms with Crippen molar-refractivity contribution in [1.82, 2.24) is 9.88 Å². The summed E-state index contributed by atoms with van der Waals surface area (Å²) >= 11 is 6.80. The number of likely N-dealkylation sites (tertiary alicyclic amines) is 1. The van der Waals surface area contributed by atoms with Crippen molar-refractivity contribution in [3.05, 3.63) is 58.9 Å². The van der Waals surface area contributed by atoms with Gasteiger partial charge in [0, 0.05) is 41.7 Å². The summed E-state index contributed by atoms with van der Waals surface area (Å²) in [6.07, 6.45) is 0. The van der Waals surface area contributed by atoms with Crippen molar-refractivity contribution in [2.75, 3.05) is 46.6 Å². The lowest BCUT2D eigenvalue weighted by Gasteiger charge is -2.55. The molecule has 0 aliphatic carbocycles. The van der Waals surface area contributed by atoms with Crippen LogP contribution in [0.5, 0.6) is 17.4 Å². The third kappa shape index (κ3) is 3.68. The smallest absolute Gasteiger partial charge is 0.218 e. The molecule has 1 aromatic heterocycles. The molecule has 34 heavy (non-hydrogen) atoms. The summed E-state index contributed by atoms with van der Waals surface area (Å²) in [5.41, 5.74) is 3.29. The molecule has 0 N–H and O–H groups in total. The van der Waals surface area contributed by atoms with Gasteiger partial charge >= 0.3 is 0 Å². The highest BCUT2D eigenvalue weighted by atomic mass is 35.5. The molecule has 0 atom stereocenters. The van der Waals surface area contributed by atoms with Crippen molar-refractivity contribution in [1.29, 1.82) is 0 Å². The Hall–Kier alpha value is -2.87. The molecule has 176 valence electrons. The Morgan fingerprint density at radius 2 is 1.82 bits per heavy atom. The van der Waals surface area contributed by atoms with E-state index in [1.807, 2.05) is 30.3 Å². The van der Waals surface area contributed by atoms with Crippen molar-refractivity contribution in [3.63, 3.8) is 0 Å². The van der Waals surface area contributed by atoms with E-state index in [-0.39, 0.29) is 5.69 Å². The molecule has 2 saturated heterocycles. The molecule has 6 rings (SSSR count). The van der Waals surface area contributed by atoms with Crippen LogP contribution in [0, 0.1) is 11.2 Å². The zero-order chi connectivity index (χ0) is 23.3. The zero-order valence-electron chi connectivity index (χ0n) is 18.8. The first-order valence-corrected chi connectivity index (χ1v) is 11.7. The van der Waals surface area contributed by atoms with E-state index in [0.29, 0.717) is 53.1 Å². The van der Waals surface area contributed by atoms with Gasteiger partial charge in [-0.2, -0.15) is 0 Å². The monoisotopic (exact) mass is 482 g/mol. The number of aromatic nitrogens is 1. The molecule has 3 aliphatic heterocycles. The predicted molar refractivity (Wildman–Crippen MR) is 126 cm³/mol. The number of hydrogen-bond acceptors (Lipinski definition) is 6. The lowest BCUT2D eigenvalue weighted by molar-refractivity contribution is -0.191. The van der Waals surface area contributed by atoms with Gasteiger partial charge in [-0.15, -0.1) is 0 Å². The summed E-state index contributed by atoms with van der Waals surface area (Å²) in [4.78, 5) is 6.79. The number of hydrogen-bond donors (Lipinski definition) is 0. The van der Waals surface area contributed by atoms with Crippen LogP contribution < -0.4 is 14.2 Å². The topological polar surface area (TPSA) is 53.0 Å². The summed E-state index contributed by atoms with van der Waals surface area (Å²) in [6.45, 7) is 5.12. The maximum absolute atomic E-state index is 15.3. The Morgan fingerprint density at radius 1 is 1.06 bits per heavy atom. The van der Waals surface area contributed by atoms with E-state index in [4.69, 9.17) is 30.5 Å². The lowest BCUT2D eigenvalue weighted by Crippen LogP contribution is -2.65. The fourth-order valence-electron chi connectivity index (χ4n) is 4.97. The van der Waals surface area contributed by atoms with Crippen molar-refractivity contribution in [3.8, 4) is 39.8 Å². The number of halogens is 2. The summed E-state index contributed by atoms with van der Waals surface area (Å²) in [5, 5.41) is 0.412.